The van der Waals surface area contributed by atoms with E-state index in [4.69, 9.17) is 40.1 Å². The van der Waals surface area contributed by atoms with Crippen LogP contribution in [0.3, 0.4) is 0 Å². The van der Waals surface area contributed by atoms with Gasteiger partial charge in [0.05, 0.1) is 18.7 Å². The second-order valence-electron chi connectivity index (χ2n) is 27.1. The van der Waals surface area contributed by atoms with Gasteiger partial charge < -0.3 is 96.9 Å². The summed E-state index contributed by atoms with van der Waals surface area (Å²) in [5.74, 6) is -8.98. The first-order valence-corrected chi connectivity index (χ1v) is 36.2. The molecule has 22 N–H and O–H groups in total. The Bertz CT molecular complexity index is 3360. The highest BCUT2D eigenvalue weighted by Gasteiger charge is 2.46. The van der Waals surface area contributed by atoms with Crippen molar-refractivity contribution >= 4 is 89.6 Å². The highest BCUT2D eigenvalue weighted by Crippen LogP contribution is 2.27. The second-order valence-corrected chi connectivity index (χ2v) is 27.5. The molecule has 0 aliphatic carbocycles. The molecule has 574 valence electrons. The molecule has 9 amide bonds. The summed E-state index contributed by atoms with van der Waals surface area (Å²) in [5.41, 5.74) is 43.8. The lowest BCUT2D eigenvalue weighted by molar-refractivity contribution is -0.151. The lowest BCUT2D eigenvalue weighted by atomic mass is 9.99. The van der Waals surface area contributed by atoms with E-state index < -0.39 is 126 Å². The number of allylic oxidation sites excluding steroid dienone is 5. The quantitative estimate of drug-likeness (QED) is 0.0138. The number of aliphatic imine (C=N–C) groups is 3. The number of nitrogens with one attached hydrogen (secondary N) is 6. The Morgan fingerprint density at radius 3 is 1.66 bits per heavy atom. The van der Waals surface area contributed by atoms with Crippen molar-refractivity contribution < 1.29 is 58.2 Å². The van der Waals surface area contributed by atoms with Crippen molar-refractivity contribution in [2.24, 2.45) is 61.0 Å². The Labute approximate surface area is 615 Å². The number of guanidine groups is 3. The van der Waals surface area contributed by atoms with Crippen LogP contribution in [-0.4, -0.2) is 214 Å². The number of aliphatic carboxylic acids is 1. The number of hydrogen-bond donors (Lipinski definition) is 16. The number of carboxylic acid groups (broad SMARTS) is 1. The Kier molecular flexibility index (Phi) is 38.0. The lowest BCUT2D eigenvalue weighted by Crippen LogP contribution is -2.60. The molecule has 2 aromatic carbocycles. The number of carbonyl (C=O) groups is 10. The Morgan fingerprint density at radius 2 is 1.12 bits per heavy atom. The van der Waals surface area contributed by atoms with Gasteiger partial charge >= 0.3 is 5.97 Å². The third-order valence-electron chi connectivity index (χ3n) is 17.6. The molecule has 2 aliphatic rings. The molecule has 0 saturated carbocycles. The van der Waals surface area contributed by atoms with Crippen LogP contribution in [0.4, 0.5) is 0 Å². The van der Waals surface area contributed by atoms with Gasteiger partial charge in [-0.2, -0.15) is 12.6 Å². The van der Waals surface area contributed by atoms with Crippen molar-refractivity contribution in [2.45, 2.75) is 205 Å². The van der Waals surface area contributed by atoms with E-state index in [1.807, 2.05) is 26.8 Å². The predicted octanol–water partition coefficient (Wildman–Crippen LogP) is 0.130. The molecule has 2 heterocycles. The second kappa shape index (κ2) is 45.5. The molecule has 2 aliphatic heterocycles. The van der Waals surface area contributed by atoms with E-state index in [2.05, 4.69) is 92.4 Å². The van der Waals surface area contributed by atoms with E-state index in [1.165, 1.54) is 20.9 Å². The highest BCUT2D eigenvalue weighted by atomic mass is 32.1. The Morgan fingerprint density at radius 1 is 0.625 bits per heavy atom. The van der Waals surface area contributed by atoms with E-state index in [0.717, 1.165) is 29.7 Å². The summed E-state index contributed by atoms with van der Waals surface area (Å²) in [7, 11) is 0. The third kappa shape index (κ3) is 31.2. The maximum Gasteiger partial charge on any atom is 0.326 e. The Balaban J connectivity index is 1.55. The van der Waals surface area contributed by atoms with Gasteiger partial charge in [0.2, 0.25) is 53.2 Å². The molecular weight excluding hydrogens is 1350 g/mol. The van der Waals surface area contributed by atoms with E-state index >= 15 is 4.79 Å². The number of amides is 9. The molecule has 1 unspecified atom stereocenters. The molecule has 4 rings (SSSR count). The van der Waals surface area contributed by atoms with Gasteiger partial charge in [-0.1, -0.05) is 109 Å². The maximum absolute atomic E-state index is 15.1. The first-order chi connectivity index (χ1) is 49.4. The molecule has 0 radical (unpaired) electrons. The summed E-state index contributed by atoms with van der Waals surface area (Å²) in [6.45, 7) is 11.3. The van der Waals surface area contributed by atoms with Gasteiger partial charge in [0.1, 0.15) is 48.3 Å². The van der Waals surface area contributed by atoms with Crippen LogP contribution in [0.1, 0.15) is 143 Å². The van der Waals surface area contributed by atoms with Gasteiger partial charge in [-0.25, -0.2) is 4.79 Å². The number of nitrogens with two attached hydrogens (primary N) is 7. The molecule has 2 fully saturated rings. The zero-order valence-corrected chi connectivity index (χ0v) is 61.9. The smallest absolute Gasteiger partial charge is 0.326 e. The first-order valence-electron chi connectivity index (χ1n) is 35.5. The topological polar surface area (TPSA) is 512 Å². The normalized spacial score (nSPS) is 17.1. The fraction of sp³-hybridized carbons (Fsp3) is 0.569. The molecular formula is C72H113N19O12S. The Hall–Kier alpha value is -9.56. The number of hydrogen-bond acceptors (Lipinski definition) is 16. The standard InChI is InChI=1S/C72H113N19O12S/c1-44(2)19-13-20-46(5)21-14-22-47(6)31-36-90(58(69(102)103)29-17-34-82-72(78)79)67(100)55(37-45(3)4)87-63(96)54(39-49-25-11-8-12-26-49)86-64(97)56(43-104)88-62(95)53(38-48-23-9-7-10-24-48)84-60(93)41-83-65(98)59-40-50(92)42-91(59)68(101)57-30-18-35-89(57)66(99)52(28-16-33-81-71(76)77)85-61(94)51(73)27-15-32-80-70(74)75/h7-12,19,21,23-26,31,45,50-59,92,104H,13-18,20,22,27-30,32-43,73H2,1-6H3,(H,83,98)(H,84,93)(H,85,94)(H,86,97)(H,87,96)(H,88,95)(H,102,103)(H4,74,75,80)(H4,76,77,81)(H4,78,79,82)/t50-,51+,52-,53-,54+,55-,56?,57-,58-,59-/m0/s1. The van der Waals surface area contributed by atoms with Gasteiger partial charge in [0, 0.05) is 64.3 Å². The summed E-state index contributed by atoms with van der Waals surface area (Å²) in [6.07, 6.45) is 9.50. The highest BCUT2D eigenvalue weighted by molar-refractivity contribution is 7.80. The van der Waals surface area contributed by atoms with Crippen molar-refractivity contribution in [1.82, 2.24) is 46.6 Å². The van der Waals surface area contributed by atoms with Crippen molar-refractivity contribution in [3.63, 3.8) is 0 Å². The minimum Gasteiger partial charge on any atom is -0.480 e. The molecule has 0 bridgehead atoms. The number of β-amino-alcohol motifs (C(OH)–C–C–N with tert-alkyl or cyclic N) is 1. The maximum atomic E-state index is 15.1. The van der Waals surface area contributed by atoms with Crippen molar-refractivity contribution in [3.05, 3.63) is 107 Å². The lowest BCUT2D eigenvalue weighted by Gasteiger charge is -2.33. The molecule has 2 saturated heterocycles. The molecule has 0 aromatic heterocycles. The van der Waals surface area contributed by atoms with Crippen LogP contribution in [-0.2, 0) is 60.8 Å². The first kappa shape index (κ1) is 86.8. The average Bonchev–Trinajstić information content (AvgIpc) is 1.62. The van der Waals surface area contributed by atoms with Crippen LogP contribution >= 0.6 is 12.6 Å². The average molecular weight is 1470 g/mol. The number of benzene rings is 2. The number of rotatable bonds is 44. The van der Waals surface area contributed by atoms with E-state index in [-0.39, 0.29) is 133 Å². The van der Waals surface area contributed by atoms with Gasteiger partial charge in [-0.3, -0.25) is 58.1 Å². The fourth-order valence-corrected chi connectivity index (χ4v) is 12.4. The van der Waals surface area contributed by atoms with E-state index in [9.17, 15) is 53.4 Å². The predicted molar refractivity (Wildman–Crippen MR) is 403 cm³/mol. The zero-order valence-electron chi connectivity index (χ0n) is 61.0. The molecule has 104 heavy (non-hydrogen) atoms. The number of likely N-dealkylation sites (tertiary alicyclic amines) is 2. The molecule has 31 nitrogen and oxygen atoms in total. The summed E-state index contributed by atoms with van der Waals surface area (Å²) < 4.78 is 0. The number of aliphatic hydroxyl groups excluding tert-OH is 1. The summed E-state index contributed by atoms with van der Waals surface area (Å²) in [5, 5.41) is 37.9. The van der Waals surface area contributed by atoms with Gasteiger partial charge in [-0.05, 0) is 128 Å². The minimum absolute atomic E-state index is 0.0269. The van der Waals surface area contributed by atoms with Gasteiger partial charge in [0.15, 0.2) is 17.9 Å². The van der Waals surface area contributed by atoms with E-state index in [1.54, 1.807) is 60.7 Å². The molecule has 2 aromatic rings. The van der Waals surface area contributed by atoms with Crippen LogP contribution in [0.25, 0.3) is 0 Å². The number of carboxylic acids is 1. The number of thiol groups is 1. The van der Waals surface area contributed by atoms with Crippen LogP contribution < -0.4 is 72.0 Å². The molecule has 10 atom stereocenters. The van der Waals surface area contributed by atoms with Crippen LogP contribution in [0.15, 0.2) is 111 Å². The van der Waals surface area contributed by atoms with Crippen molar-refractivity contribution in [3.8, 4) is 0 Å². The fourth-order valence-electron chi connectivity index (χ4n) is 12.1. The van der Waals surface area contributed by atoms with Crippen LogP contribution in [0.2, 0.25) is 0 Å². The minimum atomic E-state index is -1.44. The summed E-state index contributed by atoms with van der Waals surface area (Å²) >= 11 is 4.43. The number of carbonyl (C=O) groups excluding carboxylic acids is 9. The molecule has 32 heteroatoms. The van der Waals surface area contributed by atoms with Crippen LogP contribution in [0, 0.1) is 5.92 Å². The third-order valence-corrected chi connectivity index (χ3v) is 18.0. The summed E-state index contributed by atoms with van der Waals surface area (Å²) in [4.78, 5) is 158. The van der Waals surface area contributed by atoms with Crippen LogP contribution in [0.5, 0.6) is 0 Å². The van der Waals surface area contributed by atoms with Gasteiger partial charge in [0.25, 0.3) is 0 Å². The summed E-state index contributed by atoms with van der Waals surface area (Å²) in [6, 6.07) is 5.88. The SMILES string of the molecule is CC(C)=CCCC(C)=CCCC(C)=CCN(C(=O)[C@H](CC(C)C)NC(=O)[C@@H](Cc1ccccc1)NC(=O)C(CS)NC(=O)[C@H](Cc1ccccc1)NC(=O)CNC(=O)[C@@H]1C[C@H](O)CN1C(=O)[C@@H]1CCCN1C(=O)[C@H](CCCN=C(N)N)NC(=O)[C@H](N)CCCN=C(N)N)[C@@H](CCCN=C(N)N)C(=O)O. The number of aliphatic hydroxyl groups is 1. The number of nitrogens with zero attached hydrogens (tertiary/aromatic N) is 6. The monoisotopic (exact) mass is 1470 g/mol. The van der Waals surface area contributed by atoms with E-state index in [0.29, 0.717) is 30.4 Å². The van der Waals surface area contributed by atoms with Gasteiger partial charge in [-0.15, -0.1) is 0 Å². The van der Waals surface area contributed by atoms with Crippen molar-refractivity contribution in [2.75, 3.05) is 51.6 Å². The largest absolute Gasteiger partial charge is 0.480 e. The van der Waals surface area contributed by atoms with Crippen molar-refractivity contribution in [1.29, 1.82) is 0 Å². The molecule has 0 spiro atoms. The zero-order chi connectivity index (χ0) is 77.0.